The first-order valence-electron chi connectivity index (χ1n) is 11.3. The maximum atomic E-state index is 13.6. The van der Waals surface area contributed by atoms with Gasteiger partial charge in [0.05, 0.1) is 16.3 Å². The summed E-state index contributed by atoms with van der Waals surface area (Å²) in [7, 11) is -3.96. The smallest absolute Gasteiger partial charge is 0.264 e. The van der Waals surface area contributed by atoms with Crippen LogP contribution in [-0.2, 0) is 21.4 Å². The lowest BCUT2D eigenvalue weighted by atomic mass is 10.1. The number of amides is 1. The highest BCUT2D eigenvalue weighted by molar-refractivity contribution is 7.92. The molecular formula is C27H28N4O3S. The van der Waals surface area contributed by atoms with Gasteiger partial charge in [-0.2, -0.15) is 5.10 Å². The summed E-state index contributed by atoms with van der Waals surface area (Å²) in [6.07, 6.45) is 3.56. The third-order valence-electron chi connectivity index (χ3n) is 5.94. The van der Waals surface area contributed by atoms with Crippen molar-refractivity contribution in [3.8, 4) is 5.69 Å². The van der Waals surface area contributed by atoms with Crippen LogP contribution < -0.4 is 9.62 Å². The molecule has 0 saturated heterocycles. The summed E-state index contributed by atoms with van der Waals surface area (Å²) in [4.78, 5) is 13.1. The van der Waals surface area contributed by atoms with Crippen LogP contribution in [0.15, 0.2) is 90.1 Å². The van der Waals surface area contributed by atoms with E-state index in [1.165, 1.54) is 4.31 Å². The Morgan fingerprint density at radius 3 is 2.31 bits per heavy atom. The number of nitrogens with one attached hydrogen (secondary N) is 1. The maximum Gasteiger partial charge on any atom is 0.264 e. The topological polar surface area (TPSA) is 84.3 Å². The minimum Gasteiger partial charge on any atom is -0.350 e. The molecule has 4 rings (SSSR count). The zero-order chi connectivity index (χ0) is 25.0. The number of aryl methyl sites for hydroxylation is 2. The first-order valence-corrected chi connectivity index (χ1v) is 12.7. The highest BCUT2D eigenvalue weighted by atomic mass is 32.2. The van der Waals surface area contributed by atoms with E-state index in [0.29, 0.717) is 5.69 Å². The van der Waals surface area contributed by atoms with E-state index in [2.05, 4.69) is 10.4 Å². The number of carbonyl (C=O) groups excluding carboxylic acids is 1. The number of rotatable bonds is 8. The second-order valence-corrected chi connectivity index (χ2v) is 10.3. The van der Waals surface area contributed by atoms with Crippen LogP contribution in [-0.4, -0.2) is 30.7 Å². The van der Waals surface area contributed by atoms with Crippen LogP contribution in [0.4, 0.5) is 5.69 Å². The molecule has 0 spiro atoms. The fraction of sp³-hybridized carbons (Fsp3) is 0.185. The Kier molecular flexibility index (Phi) is 7.02. The number of benzene rings is 3. The highest BCUT2D eigenvalue weighted by Gasteiger charge is 2.28. The van der Waals surface area contributed by atoms with Crippen molar-refractivity contribution < 1.29 is 13.2 Å². The third kappa shape index (κ3) is 5.44. The van der Waals surface area contributed by atoms with Gasteiger partial charge in [-0.3, -0.25) is 9.10 Å². The van der Waals surface area contributed by atoms with Gasteiger partial charge in [0.1, 0.15) is 6.54 Å². The average molecular weight is 489 g/mol. The number of nitrogens with zero attached hydrogens (tertiary/aromatic N) is 3. The maximum absolute atomic E-state index is 13.6. The van der Waals surface area contributed by atoms with Gasteiger partial charge in [-0.05, 0) is 73.9 Å². The molecule has 0 unspecified atom stereocenters. The van der Waals surface area contributed by atoms with Crippen molar-refractivity contribution in [1.29, 1.82) is 0 Å². The highest BCUT2D eigenvalue weighted by Crippen LogP contribution is 2.28. The number of carbonyl (C=O) groups is 1. The molecule has 0 fully saturated rings. The van der Waals surface area contributed by atoms with Gasteiger partial charge in [0.15, 0.2) is 0 Å². The summed E-state index contributed by atoms with van der Waals surface area (Å²) in [5, 5.41) is 7.05. The van der Waals surface area contributed by atoms with Gasteiger partial charge in [0.25, 0.3) is 10.0 Å². The molecule has 1 heterocycles. The van der Waals surface area contributed by atoms with Crippen molar-refractivity contribution in [3.05, 3.63) is 107 Å². The molecule has 0 atom stereocenters. The van der Waals surface area contributed by atoms with E-state index in [0.717, 1.165) is 27.9 Å². The summed E-state index contributed by atoms with van der Waals surface area (Å²) in [6, 6.07) is 21.6. The summed E-state index contributed by atoms with van der Waals surface area (Å²) < 4.78 is 30.2. The van der Waals surface area contributed by atoms with Gasteiger partial charge < -0.3 is 5.32 Å². The molecule has 0 aliphatic heterocycles. The van der Waals surface area contributed by atoms with E-state index in [1.807, 2.05) is 63.4 Å². The molecule has 3 aromatic carbocycles. The Bertz CT molecular complexity index is 1410. The van der Waals surface area contributed by atoms with Crippen molar-refractivity contribution in [2.45, 2.75) is 32.2 Å². The lowest BCUT2D eigenvalue weighted by Gasteiger charge is -2.26. The molecule has 8 heteroatoms. The normalized spacial score (nSPS) is 11.3. The largest absolute Gasteiger partial charge is 0.350 e. The molecule has 0 bridgehead atoms. The summed E-state index contributed by atoms with van der Waals surface area (Å²) >= 11 is 0. The standard InChI is InChI=1S/C27H28N4O3S/c1-20-8-14-25(15-9-20)35(33,34)31(26-7-4-6-21(2)22(26)3)19-27(32)28-18-23-10-12-24(13-11-23)30-17-5-16-29-30/h4-17H,18-19H2,1-3H3,(H,28,32). The molecule has 4 aromatic rings. The van der Waals surface area contributed by atoms with E-state index in [4.69, 9.17) is 0 Å². The Hall–Kier alpha value is -3.91. The Morgan fingerprint density at radius 2 is 1.66 bits per heavy atom. The number of anilines is 1. The van der Waals surface area contributed by atoms with Gasteiger partial charge in [0, 0.05) is 18.9 Å². The van der Waals surface area contributed by atoms with Crippen LogP contribution in [0.5, 0.6) is 0 Å². The van der Waals surface area contributed by atoms with Crippen molar-refractivity contribution in [1.82, 2.24) is 15.1 Å². The third-order valence-corrected chi connectivity index (χ3v) is 7.71. The van der Waals surface area contributed by atoms with Crippen LogP contribution >= 0.6 is 0 Å². The van der Waals surface area contributed by atoms with E-state index < -0.39 is 15.9 Å². The molecule has 35 heavy (non-hydrogen) atoms. The van der Waals surface area contributed by atoms with Crippen molar-refractivity contribution in [3.63, 3.8) is 0 Å². The molecule has 1 N–H and O–H groups in total. The second-order valence-electron chi connectivity index (χ2n) is 8.44. The molecule has 0 aliphatic carbocycles. The van der Waals surface area contributed by atoms with Crippen LogP contribution in [0, 0.1) is 20.8 Å². The molecule has 180 valence electrons. The van der Waals surface area contributed by atoms with E-state index >= 15 is 0 Å². The van der Waals surface area contributed by atoms with E-state index in [9.17, 15) is 13.2 Å². The number of sulfonamides is 1. The molecular weight excluding hydrogens is 460 g/mol. The number of hydrogen-bond acceptors (Lipinski definition) is 4. The lowest BCUT2D eigenvalue weighted by Crippen LogP contribution is -2.41. The molecule has 7 nitrogen and oxygen atoms in total. The zero-order valence-corrected chi connectivity index (χ0v) is 20.8. The molecule has 0 radical (unpaired) electrons. The zero-order valence-electron chi connectivity index (χ0n) is 20.0. The van der Waals surface area contributed by atoms with E-state index in [1.54, 1.807) is 47.3 Å². The van der Waals surface area contributed by atoms with Crippen LogP contribution in [0.25, 0.3) is 5.69 Å². The quantitative estimate of drug-likeness (QED) is 0.401. The summed E-state index contributed by atoms with van der Waals surface area (Å²) in [5.74, 6) is -0.391. The van der Waals surface area contributed by atoms with Crippen molar-refractivity contribution >= 4 is 21.6 Å². The minimum atomic E-state index is -3.96. The van der Waals surface area contributed by atoms with Crippen molar-refractivity contribution in [2.75, 3.05) is 10.8 Å². The lowest BCUT2D eigenvalue weighted by molar-refractivity contribution is -0.119. The fourth-order valence-electron chi connectivity index (χ4n) is 3.72. The Morgan fingerprint density at radius 1 is 0.943 bits per heavy atom. The van der Waals surface area contributed by atoms with Gasteiger partial charge in [-0.15, -0.1) is 0 Å². The Labute approximate surface area is 206 Å². The second kappa shape index (κ2) is 10.1. The van der Waals surface area contributed by atoms with Crippen LogP contribution in [0.1, 0.15) is 22.3 Å². The fourth-order valence-corrected chi connectivity index (χ4v) is 5.20. The summed E-state index contributed by atoms with van der Waals surface area (Å²) in [6.45, 7) is 5.63. The number of hydrogen-bond donors (Lipinski definition) is 1. The van der Waals surface area contributed by atoms with Crippen LogP contribution in [0.3, 0.4) is 0 Å². The van der Waals surface area contributed by atoms with Crippen molar-refractivity contribution in [2.24, 2.45) is 0 Å². The van der Waals surface area contributed by atoms with Gasteiger partial charge in [0.2, 0.25) is 5.91 Å². The monoisotopic (exact) mass is 488 g/mol. The van der Waals surface area contributed by atoms with Crippen LogP contribution in [0.2, 0.25) is 0 Å². The molecule has 1 aromatic heterocycles. The van der Waals surface area contributed by atoms with Gasteiger partial charge in [-0.25, -0.2) is 13.1 Å². The molecule has 0 aliphatic rings. The Balaban J connectivity index is 1.54. The predicted octanol–water partition coefficient (Wildman–Crippen LogP) is 4.31. The van der Waals surface area contributed by atoms with E-state index in [-0.39, 0.29) is 18.0 Å². The SMILES string of the molecule is Cc1ccc(S(=O)(=O)N(CC(=O)NCc2ccc(-n3cccn3)cc2)c2cccc(C)c2C)cc1. The summed E-state index contributed by atoms with van der Waals surface area (Å²) in [5.41, 5.74) is 5.02. The molecule has 1 amide bonds. The minimum absolute atomic E-state index is 0.144. The first-order chi connectivity index (χ1) is 16.8. The first kappa shape index (κ1) is 24.2. The predicted molar refractivity (Wildman–Crippen MR) is 137 cm³/mol. The van der Waals surface area contributed by atoms with Gasteiger partial charge >= 0.3 is 0 Å². The molecule has 0 saturated carbocycles. The average Bonchev–Trinajstić information content (AvgIpc) is 3.39. The number of aromatic nitrogens is 2. The van der Waals surface area contributed by atoms with Gasteiger partial charge in [-0.1, -0.05) is 42.0 Å².